The topological polar surface area (TPSA) is 41.6 Å². The molecule has 2 aromatic carbocycles. The van der Waals surface area contributed by atoms with Crippen LogP contribution in [0.5, 0.6) is 5.75 Å². The third-order valence-electron chi connectivity index (χ3n) is 4.32. The van der Waals surface area contributed by atoms with Crippen LogP contribution in [0.4, 0.5) is 0 Å². The molecule has 1 atom stereocenters. The maximum Gasteiger partial charge on any atom is 0.262 e. The molecule has 0 aliphatic heterocycles. The van der Waals surface area contributed by atoms with E-state index in [1.54, 1.807) is 7.11 Å². The summed E-state index contributed by atoms with van der Waals surface area (Å²) in [5.41, 5.74) is 1.03. The number of carbonyl (C=O) groups is 1. The second kappa shape index (κ2) is 8.08. The molecule has 0 fully saturated rings. The van der Waals surface area contributed by atoms with E-state index in [1.165, 1.54) is 11.3 Å². The number of halogens is 1. The highest BCUT2D eigenvalue weighted by molar-refractivity contribution is 7.21. The maximum atomic E-state index is 12.7. The molecule has 1 N–H and O–H groups in total. The Morgan fingerprint density at radius 1 is 1.19 bits per heavy atom. The molecule has 0 spiro atoms. The Kier molecular flexibility index (Phi) is 5.81. The molecule has 0 saturated carbocycles. The first kappa shape index (κ1) is 18.7. The van der Waals surface area contributed by atoms with E-state index in [-0.39, 0.29) is 11.9 Å². The fourth-order valence-electron chi connectivity index (χ4n) is 2.94. The molecule has 1 heterocycles. The third-order valence-corrected chi connectivity index (χ3v) is 5.99. The number of thiophene rings is 1. The van der Waals surface area contributed by atoms with Crippen molar-refractivity contribution in [2.24, 2.45) is 0 Å². The number of hydrogen-bond acceptors (Lipinski definition) is 4. The number of rotatable bonds is 6. The van der Waals surface area contributed by atoms with Crippen LogP contribution in [-0.4, -0.2) is 38.6 Å². The number of nitrogens with one attached hydrogen (secondary N) is 1. The standard InChI is InChI=1S/C20H21ClN2O2S/c1-23(2)15(13-8-4-6-10-16(13)25-3)12-22-20(24)19-18(21)14-9-5-7-11-17(14)26-19/h4-11,15H,12H2,1-3H3,(H,22,24). The van der Waals surface area contributed by atoms with Gasteiger partial charge in [0.05, 0.1) is 18.2 Å². The molecule has 1 aromatic heterocycles. The maximum absolute atomic E-state index is 12.7. The number of fused-ring (bicyclic) bond motifs is 1. The molecule has 136 valence electrons. The van der Waals surface area contributed by atoms with Gasteiger partial charge in [0.25, 0.3) is 5.91 Å². The van der Waals surface area contributed by atoms with E-state index >= 15 is 0 Å². The molecule has 3 rings (SSSR count). The highest BCUT2D eigenvalue weighted by Crippen LogP contribution is 2.35. The van der Waals surface area contributed by atoms with Gasteiger partial charge in [-0.1, -0.05) is 48.0 Å². The molecule has 26 heavy (non-hydrogen) atoms. The zero-order valence-electron chi connectivity index (χ0n) is 15.0. The van der Waals surface area contributed by atoms with Crippen LogP contribution in [0.2, 0.25) is 5.02 Å². The normalized spacial score (nSPS) is 12.3. The number of para-hydroxylation sites is 1. The number of carbonyl (C=O) groups excluding carboxylic acids is 1. The van der Waals surface area contributed by atoms with Crippen LogP contribution < -0.4 is 10.1 Å². The number of amides is 1. The molecule has 3 aromatic rings. The van der Waals surface area contributed by atoms with Crippen molar-refractivity contribution < 1.29 is 9.53 Å². The van der Waals surface area contributed by atoms with Gasteiger partial charge in [-0.2, -0.15) is 0 Å². The number of nitrogens with zero attached hydrogens (tertiary/aromatic N) is 1. The Morgan fingerprint density at radius 3 is 2.58 bits per heavy atom. The number of ether oxygens (including phenoxy) is 1. The first-order valence-corrected chi connectivity index (χ1v) is 9.47. The predicted octanol–water partition coefficient (Wildman–Crippen LogP) is 4.60. The van der Waals surface area contributed by atoms with Crippen LogP contribution in [0, 0.1) is 0 Å². The Labute approximate surface area is 162 Å². The fourth-order valence-corrected chi connectivity index (χ4v) is 4.38. The van der Waals surface area contributed by atoms with Crippen molar-refractivity contribution in [3.63, 3.8) is 0 Å². The minimum atomic E-state index is -0.155. The second-order valence-electron chi connectivity index (χ2n) is 6.17. The molecule has 0 bridgehead atoms. The summed E-state index contributed by atoms with van der Waals surface area (Å²) < 4.78 is 6.48. The van der Waals surface area contributed by atoms with Crippen molar-refractivity contribution in [1.29, 1.82) is 0 Å². The summed E-state index contributed by atoms with van der Waals surface area (Å²) in [5.74, 6) is 0.651. The third kappa shape index (κ3) is 3.70. The van der Waals surface area contributed by atoms with Gasteiger partial charge in [-0.25, -0.2) is 0 Å². The van der Waals surface area contributed by atoms with Crippen LogP contribution in [-0.2, 0) is 0 Å². The van der Waals surface area contributed by atoms with E-state index in [4.69, 9.17) is 16.3 Å². The van der Waals surface area contributed by atoms with Crippen molar-refractivity contribution in [2.45, 2.75) is 6.04 Å². The minimum absolute atomic E-state index is 0.0109. The Hall–Kier alpha value is -2.08. The zero-order valence-corrected chi connectivity index (χ0v) is 16.5. The Bertz CT molecular complexity index is 923. The average molecular weight is 389 g/mol. The molecule has 4 nitrogen and oxygen atoms in total. The number of methoxy groups -OCH3 is 1. The van der Waals surface area contributed by atoms with Gasteiger partial charge in [0, 0.05) is 22.2 Å². The fraction of sp³-hybridized carbons (Fsp3) is 0.250. The van der Waals surface area contributed by atoms with E-state index in [9.17, 15) is 4.79 Å². The van der Waals surface area contributed by atoms with Gasteiger partial charge < -0.3 is 15.0 Å². The molecule has 0 aliphatic rings. The van der Waals surface area contributed by atoms with Crippen LogP contribution in [0.1, 0.15) is 21.3 Å². The van der Waals surface area contributed by atoms with Gasteiger partial charge in [-0.3, -0.25) is 4.79 Å². The Morgan fingerprint density at radius 2 is 1.88 bits per heavy atom. The zero-order chi connectivity index (χ0) is 18.7. The lowest BCUT2D eigenvalue weighted by atomic mass is 10.0. The Balaban J connectivity index is 1.80. The number of likely N-dealkylation sites (N-methyl/N-ethyl adjacent to an activating group) is 1. The SMILES string of the molecule is COc1ccccc1C(CNC(=O)c1sc2ccccc2c1Cl)N(C)C. The lowest BCUT2D eigenvalue weighted by Gasteiger charge is -2.26. The van der Waals surface area contributed by atoms with Crippen molar-refractivity contribution in [3.05, 3.63) is 64.0 Å². The van der Waals surface area contributed by atoms with E-state index < -0.39 is 0 Å². The van der Waals surface area contributed by atoms with Crippen LogP contribution in [0.15, 0.2) is 48.5 Å². The highest BCUT2D eigenvalue weighted by atomic mass is 35.5. The van der Waals surface area contributed by atoms with Crippen LogP contribution >= 0.6 is 22.9 Å². The van der Waals surface area contributed by atoms with Gasteiger partial charge in [-0.05, 0) is 26.2 Å². The molecular weight excluding hydrogens is 368 g/mol. The quantitative estimate of drug-likeness (QED) is 0.671. The van der Waals surface area contributed by atoms with Crippen molar-refractivity contribution in [3.8, 4) is 5.75 Å². The van der Waals surface area contributed by atoms with E-state index in [1.807, 2.05) is 62.6 Å². The van der Waals surface area contributed by atoms with Gasteiger partial charge in [-0.15, -0.1) is 11.3 Å². The lowest BCUT2D eigenvalue weighted by Crippen LogP contribution is -2.34. The smallest absolute Gasteiger partial charge is 0.262 e. The largest absolute Gasteiger partial charge is 0.496 e. The molecule has 0 radical (unpaired) electrons. The van der Waals surface area contributed by atoms with Crippen molar-refractivity contribution >= 4 is 38.9 Å². The summed E-state index contributed by atoms with van der Waals surface area (Å²) in [7, 11) is 5.62. The number of hydrogen-bond donors (Lipinski definition) is 1. The van der Waals surface area contributed by atoms with Gasteiger partial charge in [0.1, 0.15) is 10.6 Å². The summed E-state index contributed by atoms with van der Waals surface area (Å²) in [4.78, 5) is 15.3. The predicted molar refractivity (Wildman–Crippen MR) is 109 cm³/mol. The van der Waals surface area contributed by atoms with Gasteiger partial charge in [0.15, 0.2) is 0 Å². The first-order chi connectivity index (χ1) is 12.5. The molecule has 6 heteroatoms. The minimum Gasteiger partial charge on any atom is -0.496 e. The highest BCUT2D eigenvalue weighted by Gasteiger charge is 2.21. The monoisotopic (exact) mass is 388 g/mol. The van der Waals surface area contributed by atoms with E-state index in [2.05, 4.69) is 10.2 Å². The van der Waals surface area contributed by atoms with Crippen LogP contribution in [0.25, 0.3) is 10.1 Å². The van der Waals surface area contributed by atoms with Gasteiger partial charge in [0.2, 0.25) is 0 Å². The van der Waals surface area contributed by atoms with Crippen molar-refractivity contribution in [1.82, 2.24) is 10.2 Å². The second-order valence-corrected chi connectivity index (χ2v) is 7.60. The first-order valence-electron chi connectivity index (χ1n) is 8.27. The summed E-state index contributed by atoms with van der Waals surface area (Å²) in [6.45, 7) is 0.455. The molecule has 0 aliphatic carbocycles. The summed E-state index contributed by atoms with van der Waals surface area (Å²) in [5, 5.41) is 4.45. The van der Waals surface area contributed by atoms with Gasteiger partial charge >= 0.3 is 0 Å². The average Bonchev–Trinajstić information content (AvgIpc) is 2.99. The van der Waals surface area contributed by atoms with E-state index in [0.717, 1.165) is 21.4 Å². The van der Waals surface area contributed by atoms with Crippen molar-refractivity contribution in [2.75, 3.05) is 27.7 Å². The number of benzene rings is 2. The summed E-state index contributed by atoms with van der Waals surface area (Å²) >= 11 is 7.83. The molecule has 1 amide bonds. The molecule has 0 saturated heterocycles. The summed E-state index contributed by atoms with van der Waals surface area (Å²) in [6, 6.07) is 15.6. The summed E-state index contributed by atoms with van der Waals surface area (Å²) in [6.07, 6.45) is 0. The lowest BCUT2D eigenvalue weighted by molar-refractivity contribution is 0.0945. The molecular formula is C20H21ClN2O2S. The molecule has 1 unspecified atom stereocenters. The van der Waals surface area contributed by atoms with E-state index in [0.29, 0.717) is 16.4 Å². The van der Waals surface area contributed by atoms with Crippen LogP contribution in [0.3, 0.4) is 0 Å².